The molecule has 0 aromatic heterocycles. The average molecular weight is 169 g/mol. The molecule has 1 aliphatic heterocycles. The quantitative estimate of drug-likeness (QED) is 0.449. The Morgan fingerprint density at radius 3 is 2.92 bits per heavy atom. The SMILES string of the molecule is COC(=O)[C@H]1[C@H]2C=C[C@H](C2)N1O. The van der Waals surface area contributed by atoms with Crippen molar-refractivity contribution >= 4 is 5.97 Å². The molecule has 0 radical (unpaired) electrons. The molecule has 0 saturated carbocycles. The van der Waals surface area contributed by atoms with Gasteiger partial charge in [-0.1, -0.05) is 12.2 Å². The number of rotatable bonds is 1. The maximum atomic E-state index is 11.2. The van der Waals surface area contributed by atoms with Crippen molar-refractivity contribution in [1.82, 2.24) is 5.06 Å². The number of hydroxylamine groups is 2. The Kier molecular flexibility index (Phi) is 1.66. The molecular formula is C8H11NO3. The van der Waals surface area contributed by atoms with E-state index >= 15 is 0 Å². The number of esters is 1. The number of methoxy groups -OCH3 is 1. The Morgan fingerprint density at radius 1 is 1.67 bits per heavy atom. The Hall–Kier alpha value is -0.870. The lowest BCUT2D eigenvalue weighted by Crippen LogP contribution is -2.42. The van der Waals surface area contributed by atoms with E-state index in [0.29, 0.717) is 0 Å². The lowest BCUT2D eigenvalue weighted by molar-refractivity contribution is -0.172. The minimum absolute atomic E-state index is 0.0131. The van der Waals surface area contributed by atoms with Crippen molar-refractivity contribution in [2.24, 2.45) is 5.92 Å². The highest BCUT2D eigenvalue weighted by Gasteiger charge is 2.46. The molecule has 12 heavy (non-hydrogen) atoms. The number of ether oxygens (including phenoxy) is 1. The lowest BCUT2D eigenvalue weighted by Gasteiger charge is -2.23. The first-order valence-electron chi connectivity index (χ1n) is 3.97. The van der Waals surface area contributed by atoms with E-state index in [0.717, 1.165) is 11.5 Å². The van der Waals surface area contributed by atoms with Gasteiger partial charge in [-0.2, -0.15) is 5.06 Å². The Balaban J connectivity index is 2.18. The largest absolute Gasteiger partial charge is 0.468 e. The van der Waals surface area contributed by atoms with Crippen molar-refractivity contribution in [3.05, 3.63) is 12.2 Å². The minimum Gasteiger partial charge on any atom is -0.468 e. The van der Waals surface area contributed by atoms with Gasteiger partial charge in [0.05, 0.1) is 13.2 Å². The molecular weight excluding hydrogens is 158 g/mol. The van der Waals surface area contributed by atoms with Gasteiger partial charge in [0.1, 0.15) is 6.04 Å². The Morgan fingerprint density at radius 2 is 2.42 bits per heavy atom. The van der Waals surface area contributed by atoms with E-state index in [2.05, 4.69) is 4.74 Å². The maximum absolute atomic E-state index is 11.2. The summed E-state index contributed by atoms with van der Waals surface area (Å²) in [5, 5.41) is 10.6. The maximum Gasteiger partial charge on any atom is 0.326 e. The molecule has 4 nitrogen and oxygen atoms in total. The number of hydrogen-bond acceptors (Lipinski definition) is 4. The first kappa shape index (κ1) is 7.76. The zero-order valence-electron chi connectivity index (χ0n) is 6.80. The predicted molar refractivity (Wildman–Crippen MR) is 40.5 cm³/mol. The highest BCUT2D eigenvalue weighted by molar-refractivity contribution is 5.77. The van der Waals surface area contributed by atoms with Crippen LogP contribution in [0.25, 0.3) is 0 Å². The highest BCUT2D eigenvalue weighted by Crippen LogP contribution is 2.36. The summed E-state index contributed by atoms with van der Waals surface area (Å²) < 4.78 is 4.58. The van der Waals surface area contributed by atoms with Crippen LogP contribution in [0.4, 0.5) is 0 Å². The fourth-order valence-electron chi connectivity index (χ4n) is 1.94. The van der Waals surface area contributed by atoms with Crippen molar-refractivity contribution in [3.63, 3.8) is 0 Å². The molecule has 1 saturated heterocycles. The van der Waals surface area contributed by atoms with Gasteiger partial charge in [0, 0.05) is 5.92 Å². The van der Waals surface area contributed by atoms with Crippen LogP contribution in [-0.4, -0.2) is 35.4 Å². The van der Waals surface area contributed by atoms with Gasteiger partial charge in [-0.25, -0.2) is 0 Å². The molecule has 0 unspecified atom stereocenters. The van der Waals surface area contributed by atoms with Crippen molar-refractivity contribution in [3.8, 4) is 0 Å². The van der Waals surface area contributed by atoms with Gasteiger partial charge < -0.3 is 9.94 Å². The number of nitrogens with zero attached hydrogens (tertiary/aromatic N) is 1. The van der Waals surface area contributed by atoms with E-state index < -0.39 is 6.04 Å². The molecule has 1 heterocycles. The van der Waals surface area contributed by atoms with E-state index in [1.807, 2.05) is 12.2 Å². The summed E-state index contributed by atoms with van der Waals surface area (Å²) in [4.78, 5) is 11.2. The fraction of sp³-hybridized carbons (Fsp3) is 0.625. The fourth-order valence-corrected chi connectivity index (χ4v) is 1.94. The summed E-state index contributed by atoms with van der Waals surface area (Å²) in [6.07, 6.45) is 4.72. The van der Waals surface area contributed by atoms with Crippen molar-refractivity contribution in [2.75, 3.05) is 7.11 Å². The monoisotopic (exact) mass is 169 g/mol. The Bertz CT molecular complexity index is 238. The summed E-state index contributed by atoms with van der Waals surface area (Å²) in [5.41, 5.74) is 0. The van der Waals surface area contributed by atoms with E-state index in [1.54, 1.807) is 0 Å². The van der Waals surface area contributed by atoms with Crippen LogP contribution in [0.3, 0.4) is 0 Å². The molecule has 4 heteroatoms. The van der Waals surface area contributed by atoms with Crippen molar-refractivity contribution < 1.29 is 14.7 Å². The zero-order valence-corrected chi connectivity index (χ0v) is 6.80. The molecule has 2 aliphatic rings. The number of hydrogen-bond donors (Lipinski definition) is 1. The summed E-state index contributed by atoms with van der Waals surface area (Å²) in [6.45, 7) is 0. The van der Waals surface area contributed by atoms with Gasteiger partial charge in [0.25, 0.3) is 0 Å². The van der Waals surface area contributed by atoms with Crippen LogP contribution in [0.5, 0.6) is 0 Å². The molecule has 3 atom stereocenters. The van der Waals surface area contributed by atoms with Crippen molar-refractivity contribution in [1.29, 1.82) is 0 Å². The van der Waals surface area contributed by atoms with Crippen molar-refractivity contribution in [2.45, 2.75) is 18.5 Å². The molecule has 1 fully saturated rings. The summed E-state index contributed by atoms with van der Waals surface area (Å²) >= 11 is 0. The molecule has 0 spiro atoms. The summed E-state index contributed by atoms with van der Waals surface area (Å²) in [5.74, 6) is -0.221. The molecule has 2 rings (SSSR count). The molecule has 0 aromatic carbocycles. The van der Waals surface area contributed by atoms with Gasteiger partial charge in [0.15, 0.2) is 0 Å². The molecule has 66 valence electrons. The number of fused-ring (bicyclic) bond motifs is 2. The van der Waals surface area contributed by atoms with Gasteiger partial charge in [-0.15, -0.1) is 0 Å². The van der Waals surface area contributed by atoms with Gasteiger partial charge in [0.2, 0.25) is 0 Å². The normalized spacial score (nSPS) is 39.0. The van der Waals surface area contributed by atoms with E-state index in [-0.39, 0.29) is 17.9 Å². The number of carbonyl (C=O) groups is 1. The minimum atomic E-state index is -0.481. The predicted octanol–water partition coefficient (Wildman–Crippen LogP) is 0.177. The Labute approximate surface area is 70.4 Å². The molecule has 1 N–H and O–H groups in total. The highest BCUT2D eigenvalue weighted by atomic mass is 16.5. The molecule has 2 bridgehead atoms. The first-order valence-corrected chi connectivity index (χ1v) is 3.97. The molecule has 0 aromatic rings. The second-order valence-corrected chi connectivity index (χ2v) is 3.20. The third-order valence-corrected chi connectivity index (χ3v) is 2.57. The zero-order chi connectivity index (χ0) is 8.72. The van der Waals surface area contributed by atoms with E-state index in [9.17, 15) is 10.0 Å². The van der Waals surface area contributed by atoms with Gasteiger partial charge in [-0.3, -0.25) is 4.79 Å². The van der Waals surface area contributed by atoms with Gasteiger partial charge in [-0.05, 0) is 6.42 Å². The van der Waals surface area contributed by atoms with Gasteiger partial charge >= 0.3 is 5.97 Å². The standard InChI is InChI=1S/C8H11NO3/c1-12-8(10)7-5-2-3-6(4-5)9(7)11/h2-3,5-7,11H,4H2,1H3/t5-,6+,7+/m0/s1. The first-order chi connectivity index (χ1) is 5.74. The smallest absolute Gasteiger partial charge is 0.326 e. The summed E-state index contributed by atoms with van der Waals surface area (Å²) in [6, 6.07) is -0.468. The third kappa shape index (κ3) is 0.884. The van der Waals surface area contributed by atoms with Crippen LogP contribution in [0.1, 0.15) is 6.42 Å². The topological polar surface area (TPSA) is 49.8 Å². The van der Waals surface area contributed by atoms with Crippen LogP contribution < -0.4 is 0 Å². The molecule has 0 amide bonds. The van der Waals surface area contributed by atoms with Crippen LogP contribution in [0.2, 0.25) is 0 Å². The second kappa shape index (κ2) is 2.57. The lowest BCUT2D eigenvalue weighted by atomic mass is 10.0. The van der Waals surface area contributed by atoms with Crippen LogP contribution in [0, 0.1) is 5.92 Å². The third-order valence-electron chi connectivity index (χ3n) is 2.57. The molecule has 1 aliphatic carbocycles. The second-order valence-electron chi connectivity index (χ2n) is 3.20. The van der Waals surface area contributed by atoms with E-state index in [4.69, 9.17) is 0 Å². The average Bonchev–Trinajstić information content (AvgIpc) is 2.63. The van der Waals surface area contributed by atoms with Crippen LogP contribution >= 0.6 is 0 Å². The summed E-state index contributed by atoms with van der Waals surface area (Å²) in [7, 11) is 1.34. The van der Waals surface area contributed by atoms with Crippen LogP contribution in [0.15, 0.2) is 12.2 Å². The number of carbonyl (C=O) groups excluding carboxylic acids is 1. The van der Waals surface area contributed by atoms with Crippen LogP contribution in [-0.2, 0) is 9.53 Å². The van der Waals surface area contributed by atoms with E-state index in [1.165, 1.54) is 7.11 Å².